The molecule has 0 aliphatic carbocycles. The fourth-order valence-corrected chi connectivity index (χ4v) is 2.59. The van der Waals surface area contributed by atoms with Crippen LogP contribution in [0.3, 0.4) is 0 Å². The van der Waals surface area contributed by atoms with Gasteiger partial charge in [-0.3, -0.25) is 0 Å². The molecule has 0 radical (unpaired) electrons. The van der Waals surface area contributed by atoms with Crippen LogP contribution in [0, 0.1) is 30.2 Å². The van der Waals surface area contributed by atoms with Crippen LogP contribution >= 0.6 is 15.9 Å². The topological polar surface area (TPSA) is 12.0 Å². The standard InChI is InChI=1S/C15H12BrF4N/c1-7-3-9(11(18)6-10(7)17)15(21-2)14-12(19)4-8(16)5-13(14)20/h3-6,15,21H,1-2H3. The largest absolute Gasteiger partial charge is 0.309 e. The van der Waals surface area contributed by atoms with Crippen molar-refractivity contribution in [2.75, 3.05) is 7.05 Å². The molecule has 6 heteroatoms. The number of aryl methyl sites for hydroxylation is 1. The van der Waals surface area contributed by atoms with Crippen molar-refractivity contribution in [1.29, 1.82) is 0 Å². The highest BCUT2D eigenvalue weighted by atomic mass is 79.9. The van der Waals surface area contributed by atoms with E-state index in [-0.39, 0.29) is 21.2 Å². The van der Waals surface area contributed by atoms with E-state index in [0.29, 0.717) is 6.07 Å². The van der Waals surface area contributed by atoms with Gasteiger partial charge >= 0.3 is 0 Å². The Morgan fingerprint density at radius 1 is 0.905 bits per heavy atom. The van der Waals surface area contributed by atoms with Crippen LogP contribution in [0.1, 0.15) is 22.7 Å². The maximum atomic E-state index is 14.0. The number of nitrogens with one attached hydrogen (secondary N) is 1. The average Bonchev–Trinajstić information content (AvgIpc) is 2.38. The lowest BCUT2D eigenvalue weighted by molar-refractivity contribution is 0.502. The maximum absolute atomic E-state index is 14.0. The Morgan fingerprint density at radius 2 is 1.48 bits per heavy atom. The molecule has 112 valence electrons. The van der Waals surface area contributed by atoms with Crippen LogP contribution in [0.5, 0.6) is 0 Å². The Hall–Kier alpha value is -1.40. The van der Waals surface area contributed by atoms with E-state index in [1.165, 1.54) is 20.0 Å². The summed E-state index contributed by atoms with van der Waals surface area (Å²) in [6.07, 6.45) is 0. The number of rotatable bonds is 3. The highest BCUT2D eigenvalue weighted by Crippen LogP contribution is 2.31. The van der Waals surface area contributed by atoms with Crippen molar-refractivity contribution in [3.8, 4) is 0 Å². The highest BCUT2D eigenvalue weighted by Gasteiger charge is 2.24. The highest BCUT2D eigenvalue weighted by molar-refractivity contribution is 9.10. The fourth-order valence-electron chi connectivity index (χ4n) is 2.19. The summed E-state index contributed by atoms with van der Waals surface area (Å²) in [4.78, 5) is 0. The van der Waals surface area contributed by atoms with Crippen molar-refractivity contribution < 1.29 is 17.6 Å². The zero-order valence-corrected chi connectivity index (χ0v) is 12.9. The lowest BCUT2D eigenvalue weighted by Gasteiger charge is -2.20. The maximum Gasteiger partial charge on any atom is 0.132 e. The van der Waals surface area contributed by atoms with Crippen molar-refractivity contribution in [3.05, 3.63) is 68.7 Å². The predicted molar refractivity (Wildman–Crippen MR) is 76.1 cm³/mol. The van der Waals surface area contributed by atoms with E-state index in [1.807, 2.05) is 0 Å². The van der Waals surface area contributed by atoms with Crippen molar-refractivity contribution in [2.24, 2.45) is 0 Å². The average molecular weight is 362 g/mol. The summed E-state index contributed by atoms with van der Waals surface area (Å²) in [5.74, 6) is -3.20. The van der Waals surface area contributed by atoms with Gasteiger partial charge in [-0.15, -0.1) is 0 Å². The van der Waals surface area contributed by atoms with Crippen LogP contribution in [0.25, 0.3) is 0 Å². The van der Waals surface area contributed by atoms with Gasteiger partial charge in [-0.2, -0.15) is 0 Å². The minimum absolute atomic E-state index is 0.0171. The van der Waals surface area contributed by atoms with E-state index in [0.717, 1.165) is 12.1 Å². The van der Waals surface area contributed by atoms with E-state index >= 15 is 0 Å². The van der Waals surface area contributed by atoms with Crippen LogP contribution < -0.4 is 5.32 Å². The summed E-state index contributed by atoms with van der Waals surface area (Å²) in [5.41, 5.74) is -0.133. The molecule has 0 bridgehead atoms. The van der Waals surface area contributed by atoms with Crippen LogP contribution in [0.15, 0.2) is 28.7 Å². The molecule has 0 saturated heterocycles. The lowest BCUT2D eigenvalue weighted by atomic mass is 9.96. The number of hydrogen-bond donors (Lipinski definition) is 1. The second-order valence-electron chi connectivity index (χ2n) is 4.63. The molecule has 1 N–H and O–H groups in total. The Kier molecular flexibility index (Phi) is 4.68. The van der Waals surface area contributed by atoms with E-state index < -0.39 is 29.3 Å². The first-order chi connectivity index (χ1) is 9.85. The van der Waals surface area contributed by atoms with Crippen LogP contribution in [0.4, 0.5) is 17.6 Å². The van der Waals surface area contributed by atoms with Crippen molar-refractivity contribution >= 4 is 15.9 Å². The predicted octanol–water partition coefficient (Wildman–Crippen LogP) is 4.62. The first kappa shape index (κ1) is 16.0. The van der Waals surface area contributed by atoms with E-state index in [4.69, 9.17) is 0 Å². The third-order valence-corrected chi connectivity index (χ3v) is 3.67. The number of halogens is 5. The smallest absolute Gasteiger partial charge is 0.132 e. The molecule has 0 heterocycles. The fraction of sp³-hybridized carbons (Fsp3) is 0.200. The van der Waals surface area contributed by atoms with Gasteiger partial charge in [-0.05, 0) is 37.7 Å². The SMILES string of the molecule is CNC(c1cc(C)c(F)cc1F)c1c(F)cc(Br)cc1F. The van der Waals surface area contributed by atoms with Gasteiger partial charge in [0.25, 0.3) is 0 Å². The summed E-state index contributed by atoms with van der Waals surface area (Å²) >= 11 is 2.99. The van der Waals surface area contributed by atoms with E-state index in [1.54, 1.807) is 0 Å². The third kappa shape index (κ3) is 3.11. The molecule has 0 saturated carbocycles. The van der Waals surface area contributed by atoms with Crippen molar-refractivity contribution in [1.82, 2.24) is 5.32 Å². The molecule has 1 atom stereocenters. The van der Waals surface area contributed by atoms with Crippen LogP contribution in [0.2, 0.25) is 0 Å². The molecule has 0 aliphatic rings. The molecule has 2 aromatic carbocycles. The molecule has 2 rings (SSSR count). The second kappa shape index (κ2) is 6.15. The zero-order chi connectivity index (χ0) is 15.7. The van der Waals surface area contributed by atoms with Gasteiger partial charge in [-0.1, -0.05) is 15.9 Å². The van der Waals surface area contributed by atoms with Gasteiger partial charge in [0.05, 0.1) is 6.04 Å². The van der Waals surface area contributed by atoms with Crippen molar-refractivity contribution in [3.63, 3.8) is 0 Å². The second-order valence-corrected chi connectivity index (χ2v) is 5.54. The number of hydrogen-bond acceptors (Lipinski definition) is 1. The van der Waals surface area contributed by atoms with Crippen LogP contribution in [-0.4, -0.2) is 7.05 Å². The van der Waals surface area contributed by atoms with Gasteiger partial charge < -0.3 is 5.32 Å². The summed E-state index contributed by atoms with van der Waals surface area (Å²) < 4.78 is 55.6. The summed E-state index contributed by atoms with van der Waals surface area (Å²) in [6.45, 7) is 1.46. The molecular weight excluding hydrogens is 350 g/mol. The number of benzene rings is 2. The van der Waals surface area contributed by atoms with Gasteiger partial charge in [0.15, 0.2) is 0 Å². The molecule has 0 aromatic heterocycles. The Labute approximate surface area is 128 Å². The molecule has 1 unspecified atom stereocenters. The molecule has 1 nitrogen and oxygen atoms in total. The molecule has 0 amide bonds. The normalized spacial score (nSPS) is 12.5. The van der Waals surface area contributed by atoms with Gasteiger partial charge in [0.2, 0.25) is 0 Å². The van der Waals surface area contributed by atoms with E-state index in [9.17, 15) is 17.6 Å². The first-order valence-electron chi connectivity index (χ1n) is 6.12. The molecular formula is C15H12BrF4N. The minimum Gasteiger partial charge on any atom is -0.309 e. The molecule has 0 fully saturated rings. The summed E-state index contributed by atoms with van der Waals surface area (Å²) in [5, 5.41) is 2.67. The summed E-state index contributed by atoms with van der Waals surface area (Å²) in [7, 11) is 1.45. The monoisotopic (exact) mass is 361 g/mol. The minimum atomic E-state index is -1.06. The van der Waals surface area contributed by atoms with Crippen molar-refractivity contribution in [2.45, 2.75) is 13.0 Å². The molecule has 2 aromatic rings. The van der Waals surface area contributed by atoms with Gasteiger partial charge in [0.1, 0.15) is 23.3 Å². The quantitative estimate of drug-likeness (QED) is 0.786. The molecule has 0 spiro atoms. The van der Waals surface area contributed by atoms with E-state index in [2.05, 4.69) is 21.2 Å². The molecule has 21 heavy (non-hydrogen) atoms. The molecule has 0 aliphatic heterocycles. The van der Waals surface area contributed by atoms with Crippen LogP contribution in [-0.2, 0) is 0 Å². The Balaban J connectivity index is 2.63. The summed E-state index contributed by atoms with van der Waals surface area (Å²) in [6, 6.07) is 3.09. The third-order valence-electron chi connectivity index (χ3n) is 3.21. The van der Waals surface area contributed by atoms with Gasteiger partial charge in [-0.25, -0.2) is 17.6 Å². The zero-order valence-electron chi connectivity index (χ0n) is 11.3. The van der Waals surface area contributed by atoms with Gasteiger partial charge in [0, 0.05) is 21.7 Å². The Bertz CT molecular complexity index is 665. The lowest BCUT2D eigenvalue weighted by Crippen LogP contribution is -2.22. The Morgan fingerprint density at radius 3 is 2.00 bits per heavy atom. The first-order valence-corrected chi connectivity index (χ1v) is 6.91.